The molecule has 0 saturated heterocycles. The average Bonchev–Trinajstić information content (AvgIpc) is 2.12. The van der Waals surface area contributed by atoms with Gasteiger partial charge in [0.2, 0.25) is 0 Å². The Kier molecular flexibility index (Phi) is 5.28. The molecule has 0 saturated carbocycles. The van der Waals surface area contributed by atoms with E-state index in [9.17, 15) is 14.7 Å². The van der Waals surface area contributed by atoms with Crippen LogP contribution in [0.4, 0.5) is 0 Å². The minimum atomic E-state index is -1.01. The molecule has 0 spiro atoms. The summed E-state index contributed by atoms with van der Waals surface area (Å²) < 4.78 is 9.17. The first kappa shape index (κ1) is 13.9. The third-order valence-electron chi connectivity index (χ3n) is 1.65. The summed E-state index contributed by atoms with van der Waals surface area (Å²) in [5.41, 5.74) is -0.606. The number of aliphatic hydroxyl groups excluding tert-OH is 1. The largest absolute Gasteiger partial charge is 0.469 e. The summed E-state index contributed by atoms with van der Waals surface area (Å²) in [7, 11) is 1.23. The molecule has 0 aliphatic carbocycles. The van der Waals surface area contributed by atoms with Gasteiger partial charge in [-0.3, -0.25) is 9.59 Å². The van der Waals surface area contributed by atoms with Crippen molar-refractivity contribution < 1.29 is 24.2 Å². The van der Waals surface area contributed by atoms with Crippen LogP contribution in [-0.2, 0) is 19.1 Å². The molecule has 88 valence electrons. The van der Waals surface area contributed by atoms with Gasteiger partial charge in [0.05, 0.1) is 25.0 Å². The number of hydrogen-bond acceptors (Lipinski definition) is 5. The topological polar surface area (TPSA) is 72.8 Å². The second-order valence-electron chi connectivity index (χ2n) is 4.28. The fourth-order valence-corrected chi connectivity index (χ4v) is 0.723. The Morgan fingerprint density at radius 1 is 1.33 bits per heavy atom. The number of hydrogen-bond donors (Lipinski definition) is 1. The smallest absolute Gasteiger partial charge is 0.311 e. The van der Waals surface area contributed by atoms with E-state index in [1.807, 2.05) is 0 Å². The maximum absolute atomic E-state index is 11.3. The van der Waals surface area contributed by atoms with Crippen molar-refractivity contribution in [1.29, 1.82) is 0 Å². The van der Waals surface area contributed by atoms with E-state index in [4.69, 9.17) is 4.74 Å². The molecule has 1 atom stereocenters. The van der Waals surface area contributed by atoms with Gasteiger partial charge in [0.15, 0.2) is 0 Å². The Morgan fingerprint density at radius 3 is 2.27 bits per heavy atom. The van der Waals surface area contributed by atoms with Gasteiger partial charge in [-0.15, -0.1) is 0 Å². The minimum absolute atomic E-state index is 0.173. The van der Waals surface area contributed by atoms with Gasteiger partial charge < -0.3 is 14.6 Å². The lowest BCUT2D eigenvalue weighted by atomic mass is 9.97. The first-order chi connectivity index (χ1) is 6.77. The van der Waals surface area contributed by atoms with Crippen LogP contribution < -0.4 is 0 Å². The van der Waals surface area contributed by atoms with E-state index in [2.05, 4.69) is 4.74 Å². The molecule has 0 heterocycles. The minimum Gasteiger partial charge on any atom is -0.469 e. The first-order valence-corrected chi connectivity index (χ1v) is 4.69. The summed E-state index contributed by atoms with van der Waals surface area (Å²) in [5.74, 6) is -0.944. The Balaban J connectivity index is 3.86. The predicted octanol–water partition coefficient (Wildman–Crippen LogP) is 0.500. The summed E-state index contributed by atoms with van der Waals surface area (Å²) in [6.07, 6.45) is -1.18. The van der Waals surface area contributed by atoms with Crippen molar-refractivity contribution in [2.45, 2.75) is 33.3 Å². The molecule has 5 nitrogen and oxygen atoms in total. The summed E-state index contributed by atoms with van der Waals surface area (Å²) in [6, 6.07) is 0. The SMILES string of the molecule is COC(=O)C[C@H](O)COC(=O)C(C)(C)C. The maximum atomic E-state index is 11.3. The fourth-order valence-electron chi connectivity index (χ4n) is 0.723. The third-order valence-corrected chi connectivity index (χ3v) is 1.65. The van der Waals surface area contributed by atoms with Crippen LogP contribution >= 0.6 is 0 Å². The molecular formula is C10H18O5. The molecule has 0 radical (unpaired) electrons. The summed E-state index contributed by atoms with van der Waals surface area (Å²) >= 11 is 0. The van der Waals surface area contributed by atoms with Gasteiger partial charge in [-0.1, -0.05) is 0 Å². The lowest BCUT2D eigenvalue weighted by Crippen LogP contribution is -2.28. The second-order valence-corrected chi connectivity index (χ2v) is 4.28. The van der Waals surface area contributed by atoms with Crippen molar-refractivity contribution in [3.8, 4) is 0 Å². The molecule has 0 amide bonds. The van der Waals surface area contributed by atoms with E-state index in [0.29, 0.717) is 0 Å². The lowest BCUT2D eigenvalue weighted by molar-refractivity contribution is -0.158. The highest BCUT2D eigenvalue weighted by molar-refractivity contribution is 5.75. The number of aliphatic hydroxyl groups is 1. The number of carbonyl (C=O) groups is 2. The van der Waals surface area contributed by atoms with Gasteiger partial charge >= 0.3 is 11.9 Å². The van der Waals surface area contributed by atoms with E-state index < -0.39 is 23.5 Å². The van der Waals surface area contributed by atoms with Gasteiger partial charge in [0.25, 0.3) is 0 Å². The second kappa shape index (κ2) is 5.70. The third kappa shape index (κ3) is 6.06. The molecule has 0 aromatic carbocycles. The van der Waals surface area contributed by atoms with Crippen LogP contribution in [0.5, 0.6) is 0 Å². The number of rotatable bonds is 4. The zero-order chi connectivity index (χ0) is 12.1. The van der Waals surface area contributed by atoms with Crippen LogP contribution in [0.3, 0.4) is 0 Å². The monoisotopic (exact) mass is 218 g/mol. The first-order valence-electron chi connectivity index (χ1n) is 4.69. The molecule has 1 N–H and O–H groups in total. The standard InChI is InChI=1S/C10H18O5/c1-10(2,3)9(13)15-6-7(11)5-8(12)14-4/h7,11H,5-6H2,1-4H3/t7-/m0/s1. The molecule has 5 heteroatoms. The van der Waals surface area contributed by atoms with Gasteiger partial charge in [-0.05, 0) is 20.8 Å². The number of carbonyl (C=O) groups excluding carboxylic acids is 2. The highest BCUT2D eigenvalue weighted by Crippen LogP contribution is 2.15. The molecular weight excluding hydrogens is 200 g/mol. The Bertz CT molecular complexity index is 228. The molecule has 0 fully saturated rings. The van der Waals surface area contributed by atoms with E-state index in [0.717, 1.165) is 0 Å². The van der Waals surface area contributed by atoms with E-state index in [1.54, 1.807) is 20.8 Å². The molecule has 0 rings (SSSR count). The highest BCUT2D eigenvalue weighted by Gasteiger charge is 2.24. The quantitative estimate of drug-likeness (QED) is 0.695. The summed E-state index contributed by atoms with van der Waals surface area (Å²) in [5, 5.41) is 9.29. The molecule has 0 bridgehead atoms. The highest BCUT2D eigenvalue weighted by atomic mass is 16.5. The van der Waals surface area contributed by atoms with Crippen LogP contribution in [0.15, 0.2) is 0 Å². The fraction of sp³-hybridized carbons (Fsp3) is 0.800. The Hall–Kier alpha value is -1.10. The van der Waals surface area contributed by atoms with Crippen molar-refractivity contribution in [2.24, 2.45) is 5.41 Å². The number of esters is 2. The van der Waals surface area contributed by atoms with Crippen LogP contribution in [0.1, 0.15) is 27.2 Å². The van der Waals surface area contributed by atoms with E-state index in [1.165, 1.54) is 7.11 Å². The predicted molar refractivity (Wildman–Crippen MR) is 53.1 cm³/mol. The molecule has 15 heavy (non-hydrogen) atoms. The van der Waals surface area contributed by atoms with Crippen molar-refractivity contribution in [3.63, 3.8) is 0 Å². The van der Waals surface area contributed by atoms with Crippen molar-refractivity contribution in [3.05, 3.63) is 0 Å². The zero-order valence-corrected chi connectivity index (χ0v) is 9.57. The van der Waals surface area contributed by atoms with Crippen molar-refractivity contribution in [2.75, 3.05) is 13.7 Å². The molecule has 0 unspecified atom stereocenters. The lowest BCUT2D eigenvalue weighted by Gasteiger charge is -2.18. The number of ether oxygens (including phenoxy) is 2. The van der Waals surface area contributed by atoms with Crippen LogP contribution in [-0.4, -0.2) is 36.9 Å². The molecule has 0 aliphatic rings. The van der Waals surface area contributed by atoms with Gasteiger partial charge in [0, 0.05) is 0 Å². The van der Waals surface area contributed by atoms with Crippen LogP contribution in [0.25, 0.3) is 0 Å². The van der Waals surface area contributed by atoms with Crippen LogP contribution in [0.2, 0.25) is 0 Å². The Labute approximate surface area is 89.4 Å². The van der Waals surface area contributed by atoms with Gasteiger partial charge in [0.1, 0.15) is 6.61 Å². The normalized spacial score (nSPS) is 13.1. The zero-order valence-electron chi connectivity index (χ0n) is 9.57. The average molecular weight is 218 g/mol. The van der Waals surface area contributed by atoms with E-state index >= 15 is 0 Å². The Morgan fingerprint density at radius 2 is 1.87 bits per heavy atom. The maximum Gasteiger partial charge on any atom is 0.311 e. The van der Waals surface area contributed by atoms with Gasteiger partial charge in [-0.25, -0.2) is 0 Å². The summed E-state index contributed by atoms with van der Waals surface area (Å²) in [6.45, 7) is 4.94. The molecule has 0 aromatic heterocycles. The van der Waals surface area contributed by atoms with Crippen LogP contribution in [0, 0.1) is 5.41 Å². The number of methoxy groups -OCH3 is 1. The van der Waals surface area contributed by atoms with Gasteiger partial charge in [-0.2, -0.15) is 0 Å². The van der Waals surface area contributed by atoms with Crippen molar-refractivity contribution >= 4 is 11.9 Å². The summed E-state index contributed by atoms with van der Waals surface area (Å²) in [4.78, 5) is 22.0. The molecule has 0 aromatic rings. The van der Waals surface area contributed by atoms with E-state index in [-0.39, 0.29) is 13.0 Å². The molecule has 0 aliphatic heterocycles. The van der Waals surface area contributed by atoms with Crippen molar-refractivity contribution in [1.82, 2.24) is 0 Å².